The topological polar surface area (TPSA) is 84.9 Å². The molecule has 6 nitrogen and oxygen atoms in total. The van der Waals surface area contributed by atoms with Gasteiger partial charge < -0.3 is 19.9 Å². The van der Waals surface area contributed by atoms with Crippen LogP contribution in [0.25, 0.3) is 0 Å². The number of anilines is 1. The molecule has 0 bridgehead atoms. The van der Waals surface area contributed by atoms with Crippen LogP contribution in [-0.4, -0.2) is 36.3 Å². The van der Waals surface area contributed by atoms with Crippen molar-refractivity contribution in [2.24, 2.45) is 0 Å². The number of halogens is 1. The molecule has 7 heteroatoms. The summed E-state index contributed by atoms with van der Waals surface area (Å²) < 4.78 is 25.0. The molecule has 26 heavy (non-hydrogen) atoms. The molecule has 0 radical (unpaired) electrons. The second kappa shape index (κ2) is 7.97. The molecule has 1 saturated heterocycles. The maximum atomic E-state index is 13.9. The number of hydrogen-bond donors (Lipinski definition) is 2. The lowest BCUT2D eigenvalue weighted by Crippen LogP contribution is -2.16. The van der Waals surface area contributed by atoms with Gasteiger partial charge in [0.15, 0.2) is 0 Å². The third-order valence-corrected chi connectivity index (χ3v) is 4.04. The number of hydrogen-bond acceptors (Lipinski definition) is 4. The minimum Gasteiger partial charge on any atom is -0.491 e. The summed E-state index contributed by atoms with van der Waals surface area (Å²) in [7, 11) is 0. The molecule has 1 unspecified atom stereocenters. The Morgan fingerprint density at radius 3 is 2.54 bits per heavy atom. The molecule has 136 valence electrons. The minimum atomic E-state index is -1.24. The molecule has 0 saturated carbocycles. The number of rotatable bonds is 6. The number of carboxylic acids is 1. The third kappa shape index (κ3) is 4.37. The molecule has 2 aromatic rings. The maximum absolute atomic E-state index is 13.9. The summed E-state index contributed by atoms with van der Waals surface area (Å²) in [6, 6.07) is 9.77. The molecular formula is C19H18FNO5. The van der Waals surface area contributed by atoms with Gasteiger partial charge in [0.05, 0.1) is 17.4 Å². The number of carbonyl (C=O) groups excluding carboxylic acids is 1. The standard InChI is InChI=1S/C19H18FNO5/c20-16-10-13(19(23)24)5-8-17(16)21-18(22)12-3-6-14(7-4-12)26-11-15-2-1-9-25-15/h3-8,10,15H,1-2,9,11H2,(H,21,22)(H,23,24). The van der Waals surface area contributed by atoms with Gasteiger partial charge in [-0.05, 0) is 55.3 Å². The van der Waals surface area contributed by atoms with E-state index in [4.69, 9.17) is 14.6 Å². The van der Waals surface area contributed by atoms with Crippen molar-refractivity contribution in [1.29, 1.82) is 0 Å². The van der Waals surface area contributed by atoms with E-state index in [1.807, 2.05) is 0 Å². The molecule has 1 atom stereocenters. The van der Waals surface area contributed by atoms with E-state index in [2.05, 4.69) is 5.32 Å². The summed E-state index contributed by atoms with van der Waals surface area (Å²) in [4.78, 5) is 23.0. The average Bonchev–Trinajstić information content (AvgIpc) is 3.15. The lowest BCUT2D eigenvalue weighted by molar-refractivity contribution is 0.0679. The van der Waals surface area contributed by atoms with Crippen LogP contribution >= 0.6 is 0 Å². The SMILES string of the molecule is O=C(O)c1ccc(NC(=O)c2ccc(OCC3CCCO3)cc2)c(F)c1. The van der Waals surface area contributed by atoms with Crippen molar-refractivity contribution in [2.75, 3.05) is 18.5 Å². The van der Waals surface area contributed by atoms with Crippen LogP contribution in [0.5, 0.6) is 5.75 Å². The van der Waals surface area contributed by atoms with Gasteiger partial charge in [0.2, 0.25) is 0 Å². The first kappa shape index (κ1) is 17.9. The number of ether oxygens (including phenoxy) is 2. The van der Waals surface area contributed by atoms with Crippen molar-refractivity contribution in [3.05, 3.63) is 59.4 Å². The zero-order chi connectivity index (χ0) is 18.5. The summed E-state index contributed by atoms with van der Waals surface area (Å²) in [5.41, 5.74) is 0.0585. The highest BCUT2D eigenvalue weighted by molar-refractivity contribution is 6.04. The Hall–Kier alpha value is -2.93. The molecule has 1 aliphatic rings. The molecule has 1 amide bonds. The number of carboxylic acid groups (broad SMARTS) is 1. The summed E-state index contributed by atoms with van der Waals surface area (Å²) >= 11 is 0. The second-order valence-electron chi connectivity index (χ2n) is 5.92. The van der Waals surface area contributed by atoms with E-state index in [-0.39, 0.29) is 17.4 Å². The van der Waals surface area contributed by atoms with Crippen LogP contribution < -0.4 is 10.1 Å². The van der Waals surface area contributed by atoms with Crippen LogP contribution in [0, 0.1) is 5.82 Å². The van der Waals surface area contributed by atoms with Crippen molar-refractivity contribution >= 4 is 17.6 Å². The molecule has 2 aromatic carbocycles. The molecule has 1 aliphatic heterocycles. The molecular weight excluding hydrogens is 341 g/mol. The zero-order valence-corrected chi connectivity index (χ0v) is 13.9. The van der Waals surface area contributed by atoms with Crippen molar-refractivity contribution < 1.29 is 28.6 Å². The highest BCUT2D eigenvalue weighted by atomic mass is 19.1. The Kier molecular flexibility index (Phi) is 5.48. The Labute approximate surface area is 149 Å². The first-order valence-corrected chi connectivity index (χ1v) is 8.21. The lowest BCUT2D eigenvalue weighted by Gasteiger charge is -2.12. The van der Waals surface area contributed by atoms with Gasteiger partial charge in [-0.15, -0.1) is 0 Å². The summed E-state index contributed by atoms with van der Waals surface area (Å²) in [6.07, 6.45) is 2.12. The van der Waals surface area contributed by atoms with E-state index >= 15 is 0 Å². The van der Waals surface area contributed by atoms with E-state index in [1.54, 1.807) is 24.3 Å². The number of benzene rings is 2. The highest BCUT2D eigenvalue weighted by Gasteiger charge is 2.16. The minimum absolute atomic E-state index is 0.0845. The predicted molar refractivity (Wildman–Crippen MR) is 92.2 cm³/mol. The first-order valence-electron chi connectivity index (χ1n) is 8.21. The summed E-state index contributed by atoms with van der Waals surface area (Å²) in [5, 5.41) is 11.2. The highest BCUT2D eigenvalue weighted by Crippen LogP contribution is 2.19. The fourth-order valence-corrected chi connectivity index (χ4v) is 2.61. The van der Waals surface area contributed by atoms with Crippen LogP contribution in [0.4, 0.5) is 10.1 Å². The van der Waals surface area contributed by atoms with E-state index in [9.17, 15) is 14.0 Å². The second-order valence-corrected chi connectivity index (χ2v) is 5.92. The third-order valence-electron chi connectivity index (χ3n) is 4.04. The largest absolute Gasteiger partial charge is 0.491 e. The van der Waals surface area contributed by atoms with Gasteiger partial charge in [0.1, 0.15) is 18.2 Å². The Balaban J connectivity index is 1.60. The average molecular weight is 359 g/mol. The first-order chi connectivity index (χ1) is 12.5. The zero-order valence-electron chi connectivity index (χ0n) is 13.9. The van der Waals surface area contributed by atoms with Crippen molar-refractivity contribution in [3.63, 3.8) is 0 Å². The van der Waals surface area contributed by atoms with Crippen LogP contribution in [-0.2, 0) is 4.74 Å². The quantitative estimate of drug-likeness (QED) is 0.826. The van der Waals surface area contributed by atoms with E-state index in [1.165, 1.54) is 12.1 Å². The molecule has 0 aliphatic carbocycles. The van der Waals surface area contributed by atoms with Crippen LogP contribution in [0.2, 0.25) is 0 Å². The van der Waals surface area contributed by atoms with Gasteiger partial charge in [-0.3, -0.25) is 4.79 Å². The van der Waals surface area contributed by atoms with Gasteiger partial charge >= 0.3 is 5.97 Å². The lowest BCUT2D eigenvalue weighted by atomic mass is 10.1. The number of aromatic carboxylic acids is 1. The van der Waals surface area contributed by atoms with Gasteiger partial charge in [0.25, 0.3) is 5.91 Å². The van der Waals surface area contributed by atoms with Gasteiger partial charge in [-0.2, -0.15) is 0 Å². The molecule has 1 fully saturated rings. The smallest absolute Gasteiger partial charge is 0.335 e. The Morgan fingerprint density at radius 2 is 1.92 bits per heavy atom. The van der Waals surface area contributed by atoms with Gasteiger partial charge in [0, 0.05) is 12.2 Å². The normalized spacial score (nSPS) is 16.3. The van der Waals surface area contributed by atoms with Gasteiger partial charge in [-0.1, -0.05) is 0 Å². The summed E-state index contributed by atoms with van der Waals surface area (Å²) in [6.45, 7) is 1.23. The molecule has 2 N–H and O–H groups in total. The van der Waals surface area contributed by atoms with E-state index in [0.717, 1.165) is 25.5 Å². The number of amides is 1. The fourth-order valence-electron chi connectivity index (χ4n) is 2.61. The Morgan fingerprint density at radius 1 is 1.19 bits per heavy atom. The molecule has 1 heterocycles. The molecule has 3 rings (SSSR count). The molecule has 0 spiro atoms. The fraction of sp³-hybridized carbons (Fsp3) is 0.263. The van der Waals surface area contributed by atoms with Crippen LogP contribution in [0.1, 0.15) is 33.6 Å². The van der Waals surface area contributed by atoms with Crippen molar-refractivity contribution in [3.8, 4) is 5.75 Å². The monoisotopic (exact) mass is 359 g/mol. The number of nitrogens with one attached hydrogen (secondary N) is 1. The van der Waals surface area contributed by atoms with Crippen LogP contribution in [0.15, 0.2) is 42.5 Å². The van der Waals surface area contributed by atoms with E-state index < -0.39 is 17.7 Å². The predicted octanol–water partition coefficient (Wildman–Crippen LogP) is 3.33. The Bertz CT molecular complexity index is 800. The van der Waals surface area contributed by atoms with Crippen molar-refractivity contribution in [1.82, 2.24) is 0 Å². The van der Waals surface area contributed by atoms with Gasteiger partial charge in [-0.25, -0.2) is 9.18 Å². The number of carbonyl (C=O) groups is 2. The molecule has 0 aromatic heterocycles. The maximum Gasteiger partial charge on any atom is 0.335 e. The van der Waals surface area contributed by atoms with Crippen LogP contribution in [0.3, 0.4) is 0 Å². The van der Waals surface area contributed by atoms with Crippen molar-refractivity contribution in [2.45, 2.75) is 18.9 Å². The van der Waals surface area contributed by atoms with E-state index in [0.29, 0.717) is 17.9 Å². The summed E-state index contributed by atoms with van der Waals surface area (Å²) in [5.74, 6) is -1.93.